The van der Waals surface area contributed by atoms with Crippen molar-refractivity contribution < 1.29 is 4.79 Å². The van der Waals surface area contributed by atoms with E-state index >= 15 is 0 Å². The van der Waals surface area contributed by atoms with Crippen LogP contribution in [0.5, 0.6) is 0 Å². The molecule has 1 amide bonds. The first kappa shape index (κ1) is 22.4. The number of hydrogen-bond donors (Lipinski definition) is 0. The van der Waals surface area contributed by atoms with Crippen LogP contribution in [0, 0.1) is 0 Å². The van der Waals surface area contributed by atoms with Crippen molar-refractivity contribution >= 4 is 34.6 Å². The average Bonchev–Trinajstić information content (AvgIpc) is 3.54. The topological polar surface area (TPSA) is 51.0 Å². The van der Waals surface area contributed by atoms with Gasteiger partial charge in [0.15, 0.2) is 5.16 Å². The Morgan fingerprint density at radius 1 is 1.06 bits per heavy atom. The predicted octanol–water partition coefficient (Wildman–Crippen LogP) is 5.84. The van der Waals surface area contributed by atoms with E-state index in [1.54, 1.807) is 23.1 Å². The zero-order valence-electron chi connectivity index (χ0n) is 18.9. The Morgan fingerprint density at radius 3 is 2.64 bits per heavy atom. The number of aromatic nitrogens is 3. The molecule has 0 saturated heterocycles. The van der Waals surface area contributed by atoms with Crippen LogP contribution in [0.15, 0.2) is 59.1 Å². The van der Waals surface area contributed by atoms with Crippen LogP contribution in [0.2, 0.25) is 0 Å². The van der Waals surface area contributed by atoms with E-state index in [0.29, 0.717) is 18.3 Å². The molecule has 1 aromatic carbocycles. The molecule has 5 nitrogen and oxygen atoms in total. The van der Waals surface area contributed by atoms with Gasteiger partial charge in [0.2, 0.25) is 5.91 Å². The molecule has 2 aromatic heterocycles. The smallest absolute Gasteiger partial charge is 0.233 e. The molecule has 1 aliphatic heterocycles. The van der Waals surface area contributed by atoms with E-state index < -0.39 is 0 Å². The molecule has 0 N–H and O–H groups in total. The maximum atomic E-state index is 13.0. The number of hydrogen-bond acceptors (Lipinski definition) is 5. The van der Waals surface area contributed by atoms with Crippen LogP contribution in [0.25, 0.3) is 5.57 Å². The molecule has 172 valence electrons. The van der Waals surface area contributed by atoms with E-state index in [9.17, 15) is 4.79 Å². The first-order valence-electron chi connectivity index (χ1n) is 11.9. The van der Waals surface area contributed by atoms with E-state index in [0.717, 1.165) is 30.4 Å². The molecule has 1 fully saturated rings. The summed E-state index contributed by atoms with van der Waals surface area (Å²) in [6, 6.07) is 15.2. The van der Waals surface area contributed by atoms with Gasteiger partial charge in [0.05, 0.1) is 5.75 Å². The molecular formula is C26H30N4OS2. The van der Waals surface area contributed by atoms with E-state index in [2.05, 4.69) is 62.6 Å². The van der Waals surface area contributed by atoms with Gasteiger partial charge in [0.1, 0.15) is 5.82 Å². The lowest BCUT2D eigenvalue weighted by Gasteiger charge is -2.27. The lowest BCUT2D eigenvalue weighted by Crippen LogP contribution is -2.36. The number of amides is 1. The zero-order valence-corrected chi connectivity index (χ0v) is 20.5. The Kier molecular flexibility index (Phi) is 7.27. The standard InChI is InChI=1S/C26H30N4OS2/c31-25(29-15-13-21(14-16-29)20-8-3-1-4-9-20)19-33-26-28-27-24(18-23-12-7-17-32-23)30(26)22-10-5-2-6-11-22/h1,3-4,7-9,12-13,17,22H,2,5-6,10-11,14-16,18-19H2. The third-order valence-electron chi connectivity index (χ3n) is 6.62. The molecule has 0 atom stereocenters. The third kappa shape index (κ3) is 5.41. The number of nitrogens with zero attached hydrogens (tertiary/aromatic N) is 4. The molecule has 1 aliphatic carbocycles. The van der Waals surface area contributed by atoms with Gasteiger partial charge in [0.25, 0.3) is 0 Å². The molecule has 0 bridgehead atoms. The fraction of sp³-hybridized carbons (Fsp3) is 0.423. The Bertz CT molecular complexity index is 1080. The van der Waals surface area contributed by atoms with Crippen molar-refractivity contribution in [3.05, 3.63) is 70.2 Å². The van der Waals surface area contributed by atoms with Crippen molar-refractivity contribution in [1.29, 1.82) is 0 Å². The van der Waals surface area contributed by atoms with Gasteiger partial charge in [-0.3, -0.25) is 4.79 Å². The summed E-state index contributed by atoms with van der Waals surface area (Å²) >= 11 is 3.32. The molecule has 33 heavy (non-hydrogen) atoms. The summed E-state index contributed by atoms with van der Waals surface area (Å²) in [4.78, 5) is 16.3. The predicted molar refractivity (Wildman–Crippen MR) is 136 cm³/mol. The van der Waals surface area contributed by atoms with Gasteiger partial charge in [-0.05, 0) is 41.8 Å². The van der Waals surface area contributed by atoms with Gasteiger partial charge < -0.3 is 9.47 Å². The Morgan fingerprint density at radius 2 is 1.91 bits per heavy atom. The van der Waals surface area contributed by atoms with Crippen LogP contribution in [-0.4, -0.2) is 44.4 Å². The highest BCUT2D eigenvalue weighted by Gasteiger charge is 2.25. The van der Waals surface area contributed by atoms with E-state index in [1.807, 2.05) is 11.0 Å². The van der Waals surface area contributed by atoms with Crippen LogP contribution in [0.3, 0.4) is 0 Å². The number of thioether (sulfide) groups is 1. The van der Waals surface area contributed by atoms with Crippen LogP contribution < -0.4 is 0 Å². The van der Waals surface area contributed by atoms with Crippen molar-refractivity contribution in [2.24, 2.45) is 0 Å². The maximum Gasteiger partial charge on any atom is 0.233 e. The van der Waals surface area contributed by atoms with Crippen molar-refractivity contribution in [2.45, 2.75) is 56.1 Å². The lowest BCUT2D eigenvalue weighted by molar-refractivity contribution is -0.127. The summed E-state index contributed by atoms with van der Waals surface area (Å²) in [6.45, 7) is 1.46. The summed E-state index contributed by atoms with van der Waals surface area (Å²) in [5.74, 6) is 1.63. The second-order valence-electron chi connectivity index (χ2n) is 8.79. The lowest BCUT2D eigenvalue weighted by atomic mass is 9.95. The second-order valence-corrected chi connectivity index (χ2v) is 10.8. The largest absolute Gasteiger partial charge is 0.338 e. The van der Waals surface area contributed by atoms with Crippen molar-refractivity contribution in [3.8, 4) is 0 Å². The van der Waals surface area contributed by atoms with Gasteiger partial charge in [-0.15, -0.1) is 21.5 Å². The summed E-state index contributed by atoms with van der Waals surface area (Å²) < 4.78 is 2.35. The average molecular weight is 479 g/mol. The number of thiophene rings is 1. The fourth-order valence-electron chi connectivity index (χ4n) is 4.83. The maximum absolute atomic E-state index is 13.0. The third-order valence-corrected chi connectivity index (χ3v) is 8.42. The second kappa shape index (κ2) is 10.7. The summed E-state index contributed by atoms with van der Waals surface area (Å²) in [6.07, 6.45) is 10.1. The number of rotatable bonds is 7. The molecular weight excluding hydrogens is 448 g/mol. The SMILES string of the molecule is O=C(CSc1nnc(Cc2cccs2)n1C1CCCCC1)N1CC=C(c2ccccc2)CC1. The Hall–Kier alpha value is -2.38. The van der Waals surface area contributed by atoms with Gasteiger partial charge in [-0.2, -0.15) is 0 Å². The number of carbonyl (C=O) groups excluding carboxylic acids is 1. The summed E-state index contributed by atoms with van der Waals surface area (Å²) in [5.41, 5.74) is 2.60. The van der Waals surface area contributed by atoms with Crippen LogP contribution in [0.4, 0.5) is 0 Å². The molecule has 5 rings (SSSR count). The van der Waals surface area contributed by atoms with Gasteiger partial charge in [-0.25, -0.2) is 0 Å². The van der Waals surface area contributed by atoms with Crippen molar-refractivity contribution in [3.63, 3.8) is 0 Å². The Labute approximate surface area is 203 Å². The quantitative estimate of drug-likeness (QED) is 0.400. The van der Waals surface area contributed by atoms with Gasteiger partial charge in [0, 0.05) is 30.4 Å². The van der Waals surface area contributed by atoms with E-state index in [1.165, 1.54) is 48.1 Å². The molecule has 3 aromatic rings. The first-order chi connectivity index (χ1) is 16.3. The number of benzene rings is 1. The minimum Gasteiger partial charge on any atom is -0.338 e. The number of carbonyl (C=O) groups is 1. The zero-order chi connectivity index (χ0) is 22.5. The molecule has 0 radical (unpaired) electrons. The summed E-state index contributed by atoms with van der Waals surface area (Å²) in [7, 11) is 0. The van der Waals surface area contributed by atoms with Crippen LogP contribution in [0.1, 0.15) is 60.8 Å². The Balaban J connectivity index is 1.25. The molecule has 0 spiro atoms. The highest BCUT2D eigenvalue weighted by molar-refractivity contribution is 7.99. The van der Waals surface area contributed by atoms with Gasteiger partial charge in [-0.1, -0.05) is 73.5 Å². The molecule has 0 unspecified atom stereocenters. The highest BCUT2D eigenvalue weighted by atomic mass is 32.2. The fourth-order valence-corrected chi connectivity index (χ4v) is 6.46. The van der Waals surface area contributed by atoms with Crippen LogP contribution in [-0.2, 0) is 11.2 Å². The molecule has 3 heterocycles. The van der Waals surface area contributed by atoms with E-state index in [-0.39, 0.29) is 5.91 Å². The van der Waals surface area contributed by atoms with Crippen molar-refractivity contribution in [1.82, 2.24) is 19.7 Å². The molecule has 7 heteroatoms. The first-order valence-corrected chi connectivity index (χ1v) is 13.8. The minimum atomic E-state index is 0.182. The normalized spacial score (nSPS) is 17.2. The van der Waals surface area contributed by atoms with Crippen LogP contribution >= 0.6 is 23.1 Å². The molecule has 1 saturated carbocycles. The minimum absolute atomic E-state index is 0.182. The van der Waals surface area contributed by atoms with Gasteiger partial charge >= 0.3 is 0 Å². The molecule has 2 aliphatic rings. The van der Waals surface area contributed by atoms with E-state index in [4.69, 9.17) is 0 Å². The summed E-state index contributed by atoms with van der Waals surface area (Å²) in [5, 5.41) is 12.1. The van der Waals surface area contributed by atoms with Crippen molar-refractivity contribution in [2.75, 3.05) is 18.8 Å². The highest BCUT2D eigenvalue weighted by Crippen LogP contribution is 2.33. The monoisotopic (exact) mass is 478 g/mol.